The zero-order chi connectivity index (χ0) is 19.8. The minimum absolute atomic E-state index is 0. The lowest BCUT2D eigenvalue weighted by atomic mass is 10.1. The Hall–Kier alpha value is -1.35. The van der Waals surface area contributed by atoms with E-state index in [2.05, 4.69) is 52.7 Å². The molecule has 0 bridgehead atoms. The Morgan fingerprint density at radius 3 is 2.68 bits per heavy atom. The van der Waals surface area contributed by atoms with Crippen LogP contribution >= 0.6 is 24.0 Å². The molecule has 2 rings (SSSR count). The molecule has 28 heavy (non-hydrogen) atoms. The van der Waals surface area contributed by atoms with Crippen molar-refractivity contribution in [2.45, 2.75) is 59.2 Å². The number of likely N-dealkylation sites (tertiary alicyclic amines) is 1. The van der Waals surface area contributed by atoms with Crippen LogP contribution in [-0.2, 0) is 11.3 Å². The molecule has 1 aliphatic heterocycles. The molecule has 1 fully saturated rings. The average Bonchev–Trinajstić information content (AvgIpc) is 3.00. The second-order valence-electron chi connectivity index (χ2n) is 7.70. The second-order valence-corrected chi connectivity index (χ2v) is 7.70. The first-order valence-electron chi connectivity index (χ1n) is 10.0. The first-order chi connectivity index (χ1) is 12.9. The van der Waals surface area contributed by atoms with Gasteiger partial charge in [0.2, 0.25) is 5.91 Å². The molecule has 3 N–H and O–H groups in total. The summed E-state index contributed by atoms with van der Waals surface area (Å²) < 4.78 is 0. The number of carbonyl (C=O) groups excluding carboxylic acids is 1. The van der Waals surface area contributed by atoms with Gasteiger partial charge in [-0.25, -0.2) is 0 Å². The largest absolute Gasteiger partial charge is 0.352 e. The highest BCUT2D eigenvalue weighted by Crippen LogP contribution is 2.18. The molecule has 2 unspecified atom stereocenters. The van der Waals surface area contributed by atoms with E-state index in [1.165, 1.54) is 0 Å². The van der Waals surface area contributed by atoms with E-state index in [1.54, 1.807) is 7.05 Å². The highest BCUT2D eigenvalue weighted by Gasteiger charge is 2.31. The Bertz CT molecular complexity index is 649. The van der Waals surface area contributed by atoms with Crippen LogP contribution in [0.4, 0.5) is 5.69 Å². The number of amides is 1. The molecule has 1 saturated heterocycles. The molecule has 0 aliphatic carbocycles. The maximum atomic E-state index is 11.8. The minimum Gasteiger partial charge on any atom is -0.352 e. The third kappa shape index (κ3) is 7.58. The lowest BCUT2D eigenvalue weighted by Gasteiger charge is -2.22. The monoisotopic (exact) mass is 501 g/mol. The number of halogens is 1. The predicted octanol–water partition coefficient (Wildman–Crippen LogP) is 3.44. The number of guanidine groups is 1. The van der Waals surface area contributed by atoms with E-state index in [9.17, 15) is 4.79 Å². The van der Waals surface area contributed by atoms with E-state index in [-0.39, 0.29) is 29.9 Å². The lowest BCUT2D eigenvalue weighted by molar-refractivity contribution is -0.116. The van der Waals surface area contributed by atoms with Crippen molar-refractivity contribution in [3.8, 4) is 0 Å². The second kappa shape index (κ2) is 12.3. The first kappa shape index (κ1) is 24.7. The van der Waals surface area contributed by atoms with E-state index < -0.39 is 0 Å². The number of nitrogens with zero attached hydrogens (tertiary/aromatic N) is 2. The van der Waals surface area contributed by atoms with Crippen LogP contribution < -0.4 is 16.0 Å². The van der Waals surface area contributed by atoms with Crippen LogP contribution in [-0.4, -0.2) is 49.0 Å². The molecule has 2 atom stereocenters. The molecule has 1 aromatic rings. The molecule has 7 heteroatoms. The van der Waals surface area contributed by atoms with Gasteiger partial charge in [0.05, 0.1) is 0 Å². The van der Waals surface area contributed by atoms with Crippen molar-refractivity contribution >= 4 is 41.5 Å². The van der Waals surface area contributed by atoms with Gasteiger partial charge in [-0.3, -0.25) is 14.7 Å². The number of rotatable bonds is 7. The molecule has 158 valence electrons. The summed E-state index contributed by atoms with van der Waals surface area (Å²) in [6, 6.07) is 8.92. The molecule has 1 amide bonds. The number of hydrogen-bond acceptors (Lipinski definition) is 3. The topological polar surface area (TPSA) is 68.8 Å². The number of hydrogen-bond donors (Lipinski definition) is 3. The first-order valence-corrected chi connectivity index (χ1v) is 10.0. The summed E-state index contributed by atoms with van der Waals surface area (Å²) in [7, 11) is 1.80. The van der Waals surface area contributed by atoms with Crippen LogP contribution in [0, 0.1) is 5.92 Å². The highest BCUT2D eigenvalue weighted by atomic mass is 127. The standard InChI is InChI=1S/C21H35N5O.HI/c1-6-8-20(27)24-18-10-7-9-17(11-18)12-23-21(22-5)25-19-14-26(15(2)3)13-16(19)4;/h7,9-11,15-16,19H,6,8,12-14H2,1-5H3,(H,24,27)(H2,22,23,25);1H. The Morgan fingerprint density at radius 1 is 1.32 bits per heavy atom. The van der Waals surface area contributed by atoms with Crippen molar-refractivity contribution in [2.75, 3.05) is 25.5 Å². The van der Waals surface area contributed by atoms with Gasteiger partial charge in [0.15, 0.2) is 5.96 Å². The van der Waals surface area contributed by atoms with Crippen LogP contribution in [0.3, 0.4) is 0 Å². The molecular formula is C21H36IN5O. The van der Waals surface area contributed by atoms with Gasteiger partial charge in [-0.05, 0) is 43.9 Å². The number of anilines is 1. The summed E-state index contributed by atoms with van der Waals surface area (Å²) in [4.78, 5) is 18.6. The van der Waals surface area contributed by atoms with Gasteiger partial charge in [0, 0.05) is 50.9 Å². The van der Waals surface area contributed by atoms with Crippen molar-refractivity contribution < 1.29 is 4.79 Å². The summed E-state index contributed by atoms with van der Waals surface area (Å²) in [6.45, 7) is 11.6. The smallest absolute Gasteiger partial charge is 0.224 e. The van der Waals surface area contributed by atoms with E-state index >= 15 is 0 Å². The minimum atomic E-state index is 0. The predicted molar refractivity (Wildman–Crippen MR) is 128 cm³/mol. The van der Waals surface area contributed by atoms with Crippen molar-refractivity contribution in [1.29, 1.82) is 0 Å². The summed E-state index contributed by atoms with van der Waals surface area (Å²) >= 11 is 0. The van der Waals surface area contributed by atoms with Crippen LogP contribution in [0.2, 0.25) is 0 Å². The number of carbonyl (C=O) groups is 1. The van der Waals surface area contributed by atoms with E-state index in [4.69, 9.17) is 0 Å². The Balaban J connectivity index is 0.00000392. The van der Waals surface area contributed by atoms with Crippen LogP contribution in [0.15, 0.2) is 29.3 Å². The van der Waals surface area contributed by atoms with Crippen LogP contribution in [0.5, 0.6) is 0 Å². The van der Waals surface area contributed by atoms with Gasteiger partial charge in [0.25, 0.3) is 0 Å². The van der Waals surface area contributed by atoms with Crippen molar-refractivity contribution in [1.82, 2.24) is 15.5 Å². The van der Waals surface area contributed by atoms with Crippen LogP contribution in [0.25, 0.3) is 0 Å². The normalized spacial score (nSPS) is 20.0. The van der Waals surface area contributed by atoms with E-state index in [0.29, 0.717) is 31.0 Å². The third-order valence-corrected chi connectivity index (χ3v) is 5.06. The number of benzene rings is 1. The quantitative estimate of drug-likeness (QED) is 0.304. The van der Waals surface area contributed by atoms with Gasteiger partial charge in [0.1, 0.15) is 0 Å². The van der Waals surface area contributed by atoms with Crippen molar-refractivity contribution in [3.63, 3.8) is 0 Å². The zero-order valence-corrected chi connectivity index (χ0v) is 20.1. The molecule has 0 aromatic heterocycles. The summed E-state index contributed by atoms with van der Waals surface area (Å²) in [5.41, 5.74) is 1.95. The fraction of sp³-hybridized carbons (Fsp3) is 0.619. The van der Waals surface area contributed by atoms with Gasteiger partial charge in [-0.15, -0.1) is 24.0 Å². The summed E-state index contributed by atoms with van der Waals surface area (Å²) in [6.07, 6.45) is 1.40. The SMILES string of the molecule is CCCC(=O)Nc1cccc(CNC(=NC)NC2CN(C(C)C)CC2C)c1.I. The molecule has 1 heterocycles. The van der Waals surface area contributed by atoms with Crippen LogP contribution in [0.1, 0.15) is 46.1 Å². The Morgan fingerprint density at radius 2 is 2.07 bits per heavy atom. The molecule has 0 spiro atoms. The van der Waals surface area contributed by atoms with E-state index in [1.807, 2.05) is 25.1 Å². The molecule has 0 saturated carbocycles. The van der Waals surface area contributed by atoms with E-state index in [0.717, 1.165) is 36.7 Å². The Kier molecular flexibility index (Phi) is 10.8. The van der Waals surface area contributed by atoms with Gasteiger partial charge in [-0.1, -0.05) is 26.0 Å². The molecule has 1 aromatic carbocycles. The van der Waals surface area contributed by atoms with Crippen molar-refractivity contribution in [2.24, 2.45) is 10.9 Å². The maximum Gasteiger partial charge on any atom is 0.224 e. The molecule has 6 nitrogen and oxygen atoms in total. The third-order valence-electron chi connectivity index (χ3n) is 5.06. The lowest BCUT2D eigenvalue weighted by Crippen LogP contribution is -2.46. The molecule has 1 aliphatic rings. The fourth-order valence-electron chi connectivity index (χ4n) is 3.38. The van der Waals surface area contributed by atoms with Gasteiger partial charge < -0.3 is 16.0 Å². The highest BCUT2D eigenvalue weighted by molar-refractivity contribution is 14.0. The summed E-state index contributed by atoms with van der Waals surface area (Å²) in [5, 5.41) is 9.90. The average molecular weight is 501 g/mol. The van der Waals surface area contributed by atoms with Crippen molar-refractivity contribution in [3.05, 3.63) is 29.8 Å². The Labute approximate surface area is 187 Å². The fourth-order valence-corrected chi connectivity index (χ4v) is 3.38. The number of aliphatic imine (C=N–C) groups is 1. The maximum absolute atomic E-state index is 11.8. The molecule has 0 radical (unpaired) electrons. The molecular weight excluding hydrogens is 465 g/mol. The summed E-state index contributed by atoms with van der Waals surface area (Å²) in [5.74, 6) is 1.46. The zero-order valence-electron chi connectivity index (χ0n) is 17.8. The number of nitrogens with one attached hydrogen (secondary N) is 3. The van der Waals surface area contributed by atoms with Gasteiger partial charge in [-0.2, -0.15) is 0 Å². The van der Waals surface area contributed by atoms with Gasteiger partial charge >= 0.3 is 0 Å².